The first-order valence-electron chi connectivity index (χ1n) is 6.22. The third-order valence-corrected chi connectivity index (χ3v) is 3.84. The quantitative estimate of drug-likeness (QED) is 0.778. The number of hydrogen-bond donors (Lipinski definition) is 2. The second kappa shape index (κ2) is 6.13. The monoisotopic (exact) mass is 299 g/mol. The molecule has 6 nitrogen and oxygen atoms in total. The molecule has 0 atom stereocenters. The smallest absolute Gasteiger partial charge is 0.239 e. The summed E-state index contributed by atoms with van der Waals surface area (Å²) in [4.78, 5) is 13.4. The molecule has 1 aromatic rings. The van der Waals surface area contributed by atoms with E-state index in [1.807, 2.05) is 13.8 Å². The number of rotatable bonds is 5. The first kappa shape index (κ1) is 16.3. The van der Waals surface area contributed by atoms with Crippen molar-refractivity contribution in [1.82, 2.24) is 5.32 Å². The van der Waals surface area contributed by atoms with Crippen LogP contribution >= 0.6 is 0 Å². The maximum absolute atomic E-state index is 11.7. The lowest BCUT2D eigenvalue weighted by atomic mass is 10.2. The average Bonchev–Trinajstić information content (AvgIpc) is 2.25. The van der Waals surface area contributed by atoms with Crippen molar-refractivity contribution in [2.24, 2.45) is 0 Å². The molecule has 0 heterocycles. The molecule has 0 aliphatic rings. The van der Waals surface area contributed by atoms with E-state index in [2.05, 4.69) is 5.32 Å². The zero-order valence-electron chi connectivity index (χ0n) is 12.2. The van der Waals surface area contributed by atoms with Crippen LogP contribution in [-0.2, 0) is 14.6 Å². The molecular weight excluding hydrogens is 278 g/mol. The van der Waals surface area contributed by atoms with Gasteiger partial charge in [-0.1, -0.05) is 6.07 Å². The third-order valence-electron chi connectivity index (χ3n) is 2.68. The number of nitrogens with one attached hydrogen (secondary N) is 1. The Morgan fingerprint density at radius 2 is 2.00 bits per heavy atom. The SMILES string of the molecule is CC(C)NC(=O)CN(C)c1cccc(S(C)(=O)=O)c1N. The van der Waals surface area contributed by atoms with E-state index in [0.717, 1.165) is 6.26 Å². The van der Waals surface area contributed by atoms with E-state index in [9.17, 15) is 13.2 Å². The summed E-state index contributed by atoms with van der Waals surface area (Å²) in [6.07, 6.45) is 1.11. The molecule has 7 heteroatoms. The predicted molar refractivity (Wildman–Crippen MR) is 80.5 cm³/mol. The second-order valence-corrected chi connectivity index (χ2v) is 7.02. The fraction of sp³-hybridized carbons (Fsp3) is 0.462. The minimum Gasteiger partial charge on any atom is -0.396 e. The van der Waals surface area contributed by atoms with Gasteiger partial charge in [0.25, 0.3) is 0 Å². The number of likely N-dealkylation sites (N-methyl/N-ethyl adjacent to an activating group) is 1. The molecule has 0 unspecified atom stereocenters. The highest BCUT2D eigenvalue weighted by atomic mass is 32.2. The van der Waals surface area contributed by atoms with Crippen molar-refractivity contribution in [2.75, 3.05) is 30.5 Å². The first-order valence-corrected chi connectivity index (χ1v) is 8.11. The number of carbonyl (C=O) groups is 1. The predicted octanol–water partition coefficient (Wildman–Crippen LogP) is 0.633. The van der Waals surface area contributed by atoms with E-state index in [4.69, 9.17) is 5.73 Å². The number of nitrogens with zero attached hydrogens (tertiary/aromatic N) is 1. The summed E-state index contributed by atoms with van der Waals surface area (Å²) in [5.74, 6) is -0.147. The van der Waals surface area contributed by atoms with Crippen molar-refractivity contribution in [1.29, 1.82) is 0 Å². The molecule has 0 spiro atoms. The minimum absolute atomic E-state index is 0.0515. The highest BCUT2D eigenvalue weighted by Crippen LogP contribution is 2.28. The number of nitrogen functional groups attached to an aromatic ring is 1. The Labute approximate surface area is 119 Å². The van der Waals surface area contributed by atoms with Gasteiger partial charge in [-0.25, -0.2) is 8.42 Å². The lowest BCUT2D eigenvalue weighted by Gasteiger charge is -2.22. The summed E-state index contributed by atoms with van der Waals surface area (Å²) in [6.45, 7) is 3.85. The van der Waals surface area contributed by atoms with E-state index in [0.29, 0.717) is 5.69 Å². The van der Waals surface area contributed by atoms with Crippen LogP contribution in [0.5, 0.6) is 0 Å². The van der Waals surface area contributed by atoms with Crippen LogP contribution in [0, 0.1) is 0 Å². The standard InChI is InChI=1S/C13H21N3O3S/c1-9(2)15-12(17)8-16(3)10-6-5-7-11(13(10)14)20(4,18)19/h5-7,9H,8,14H2,1-4H3,(H,15,17). The van der Waals surface area contributed by atoms with E-state index < -0.39 is 9.84 Å². The van der Waals surface area contributed by atoms with Crippen LogP contribution in [0.1, 0.15) is 13.8 Å². The highest BCUT2D eigenvalue weighted by molar-refractivity contribution is 7.90. The van der Waals surface area contributed by atoms with Gasteiger partial charge in [0.05, 0.1) is 22.8 Å². The summed E-state index contributed by atoms with van der Waals surface area (Å²) in [5, 5.41) is 2.77. The van der Waals surface area contributed by atoms with E-state index in [1.165, 1.54) is 6.07 Å². The van der Waals surface area contributed by atoms with Gasteiger partial charge in [-0.15, -0.1) is 0 Å². The molecule has 1 aromatic carbocycles. The first-order chi connectivity index (χ1) is 9.12. The van der Waals surface area contributed by atoms with Crippen molar-refractivity contribution < 1.29 is 13.2 Å². The van der Waals surface area contributed by atoms with Crippen molar-refractivity contribution >= 4 is 27.1 Å². The van der Waals surface area contributed by atoms with Crippen LogP contribution in [0.4, 0.5) is 11.4 Å². The zero-order valence-corrected chi connectivity index (χ0v) is 13.0. The molecule has 0 fully saturated rings. The maximum Gasteiger partial charge on any atom is 0.239 e. The van der Waals surface area contributed by atoms with Crippen LogP contribution in [0.15, 0.2) is 23.1 Å². The van der Waals surface area contributed by atoms with Gasteiger partial charge in [0.15, 0.2) is 9.84 Å². The fourth-order valence-electron chi connectivity index (χ4n) is 1.86. The van der Waals surface area contributed by atoms with Gasteiger partial charge in [-0.05, 0) is 26.0 Å². The van der Waals surface area contributed by atoms with Gasteiger partial charge >= 0.3 is 0 Å². The van der Waals surface area contributed by atoms with Crippen LogP contribution in [0.25, 0.3) is 0 Å². The molecule has 0 aliphatic carbocycles. The van der Waals surface area contributed by atoms with Crippen LogP contribution in [-0.4, -0.2) is 40.2 Å². The average molecular weight is 299 g/mol. The number of benzene rings is 1. The lowest BCUT2D eigenvalue weighted by Crippen LogP contribution is -2.38. The van der Waals surface area contributed by atoms with Crippen molar-refractivity contribution in [2.45, 2.75) is 24.8 Å². The molecule has 1 amide bonds. The van der Waals surface area contributed by atoms with E-state index in [-0.39, 0.29) is 29.1 Å². The van der Waals surface area contributed by atoms with Gasteiger partial charge in [-0.3, -0.25) is 4.79 Å². The number of sulfone groups is 1. The summed E-state index contributed by atoms with van der Waals surface area (Å²) >= 11 is 0. The van der Waals surface area contributed by atoms with Gasteiger partial charge in [-0.2, -0.15) is 0 Å². The topological polar surface area (TPSA) is 92.5 Å². The number of amides is 1. The van der Waals surface area contributed by atoms with Gasteiger partial charge in [0, 0.05) is 19.3 Å². The Hall–Kier alpha value is -1.76. The molecule has 0 radical (unpaired) electrons. The third kappa shape index (κ3) is 4.12. The zero-order chi connectivity index (χ0) is 15.5. The van der Waals surface area contributed by atoms with Crippen molar-refractivity contribution in [3.8, 4) is 0 Å². The minimum atomic E-state index is -3.39. The highest BCUT2D eigenvalue weighted by Gasteiger charge is 2.17. The molecule has 0 aliphatic heterocycles. The number of anilines is 2. The second-order valence-electron chi connectivity index (χ2n) is 5.04. The normalized spacial score (nSPS) is 11.4. The largest absolute Gasteiger partial charge is 0.396 e. The Morgan fingerprint density at radius 1 is 1.40 bits per heavy atom. The number of hydrogen-bond acceptors (Lipinski definition) is 5. The number of nitrogens with two attached hydrogens (primary N) is 1. The molecular formula is C13H21N3O3S. The Morgan fingerprint density at radius 3 is 2.50 bits per heavy atom. The Bertz CT molecular complexity index is 597. The van der Waals surface area contributed by atoms with Gasteiger partial charge < -0.3 is 16.0 Å². The molecule has 20 heavy (non-hydrogen) atoms. The van der Waals surface area contributed by atoms with Gasteiger partial charge in [0.1, 0.15) is 0 Å². The summed E-state index contributed by atoms with van der Waals surface area (Å²) in [6, 6.07) is 4.80. The van der Waals surface area contributed by atoms with Gasteiger partial charge in [0.2, 0.25) is 5.91 Å². The van der Waals surface area contributed by atoms with Crippen LogP contribution in [0.3, 0.4) is 0 Å². The molecule has 0 saturated heterocycles. The van der Waals surface area contributed by atoms with E-state index in [1.54, 1.807) is 24.1 Å². The maximum atomic E-state index is 11.7. The molecule has 0 bridgehead atoms. The van der Waals surface area contributed by atoms with Crippen LogP contribution < -0.4 is 16.0 Å². The Balaban J connectivity index is 3.00. The molecule has 0 aromatic heterocycles. The molecule has 1 rings (SSSR count). The van der Waals surface area contributed by atoms with Crippen molar-refractivity contribution in [3.63, 3.8) is 0 Å². The van der Waals surface area contributed by atoms with Crippen LogP contribution in [0.2, 0.25) is 0 Å². The summed E-state index contributed by atoms with van der Waals surface area (Å²) < 4.78 is 23.2. The van der Waals surface area contributed by atoms with Crippen molar-refractivity contribution in [3.05, 3.63) is 18.2 Å². The number of para-hydroxylation sites is 1. The van der Waals surface area contributed by atoms with E-state index >= 15 is 0 Å². The fourth-order valence-corrected chi connectivity index (χ4v) is 2.69. The molecule has 112 valence electrons. The lowest BCUT2D eigenvalue weighted by molar-refractivity contribution is -0.120. The summed E-state index contributed by atoms with van der Waals surface area (Å²) in [7, 11) is -1.70. The molecule has 0 saturated carbocycles. The Kier molecular flexibility index (Phi) is 4.99. The number of carbonyl (C=O) groups excluding carboxylic acids is 1. The summed E-state index contributed by atoms with van der Waals surface area (Å²) in [5.41, 5.74) is 6.58. The molecule has 3 N–H and O–H groups in total.